The van der Waals surface area contributed by atoms with Crippen LogP contribution in [0.4, 0.5) is 11.5 Å². The second-order valence-electron chi connectivity index (χ2n) is 8.33. The number of anilines is 2. The van der Waals surface area contributed by atoms with Crippen molar-refractivity contribution < 1.29 is 13.2 Å². The number of benzene rings is 1. The molecule has 2 N–H and O–H groups in total. The molecule has 1 aromatic carbocycles. The molecule has 0 aliphatic carbocycles. The number of aromatic nitrogens is 4. The van der Waals surface area contributed by atoms with E-state index in [4.69, 9.17) is 0 Å². The molecule has 1 amide bonds. The molecule has 11 heteroatoms. The number of carbonyl (C=O) groups is 1. The van der Waals surface area contributed by atoms with Gasteiger partial charge in [0.2, 0.25) is 15.9 Å². The summed E-state index contributed by atoms with van der Waals surface area (Å²) in [5.74, 6) is 1.28. The largest absolute Gasteiger partial charge is 0.367 e. The molecule has 0 fully saturated rings. The third-order valence-electron chi connectivity index (χ3n) is 5.94. The first-order valence-electron chi connectivity index (χ1n) is 10.9. The lowest BCUT2D eigenvalue weighted by molar-refractivity contribution is -0.118. The second kappa shape index (κ2) is 8.23. The molecule has 0 saturated carbocycles. The van der Waals surface area contributed by atoms with Crippen molar-refractivity contribution in [1.82, 2.24) is 24.7 Å². The van der Waals surface area contributed by atoms with E-state index in [0.29, 0.717) is 44.0 Å². The standard InChI is InChI=1S/C22H25N7O3S/c1-14-11-15(2)29(27-14)20-5-4-19(25-26-20)23-8-9-24-33(31,32)18-12-16-3-6-21(30)28-10-7-17(13-18)22(16)28/h4-5,11-13,24H,3,6-10H2,1-2H3,(H,23,25). The van der Waals surface area contributed by atoms with E-state index in [0.717, 1.165) is 28.2 Å². The SMILES string of the molecule is Cc1cc(C)n(-c2ccc(NCCNS(=O)(=O)c3cc4c5c(c3)CCN5C(=O)CC4)nn2)n1. The molecule has 3 aromatic rings. The van der Waals surface area contributed by atoms with Crippen LogP contribution in [0.25, 0.3) is 5.82 Å². The molecule has 2 aliphatic heterocycles. The summed E-state index contributed by atoms with van der Waals surface area (Å²) >= 11 is 0. The monoisotopic (exact) mass is 467 g/mol. The fraction of sp³-hybridized carbons (Fsp3) is 0.364. The molecule has 0 radical (unpaired) electrons. The highest BCUT2D eigenvalue weighted by Crippen LogP contribution is 2.38. The molecule has 0 unspecified atom stereocenters. The highest BCUT2D eigenvalue weighted by atomic mass is 32.2. The summed E-state index contributed by atoms with van der Waals surface area (Å²) in [6.45, 7) is 5.04. The van der Waals surface area contributed by atoms with Crippen LogP contribution in [-0.2, 0) is 27.7 Å². The lowest BCUT2D eigenvalue weighted by Crippen LogP contribution is -2.33. The average molecular weight is 468 g/mol. The molecule has 0 bridgehead atoms. The third-order valence-corrected chi connectivity index (χ3v) is 7.38. The molecule has 0 atom stereocenters. The Morgan fingerprint density at radius 3 is 2.48 bits per heavy atom. The van der Waals surface area contributed by atoms with Crippen molar-refractivity contribution in [1.29, 1.82) is 0 Å². The van der Waals surface area contributed by atoms with E-state index in [1.165, 1.54) is 0 Å². The number of aryl methyl sites for hydroxylation is 3. The van der Waals surface area contributed by atoms with Crippen LogP contribution in [0.15, 0.2) is 35.2 Å². The summed E-state index contributed by atoms with van der Waals surface area (Å²) < 4.78 is 30.1. The van der Waals surface area contributed by atoms with Gasteiger partial charge in [-0.1, -0.05) is 0 Å². The van der Waals surface area contributed by atoms with Crippen molar-refractivity contribution in [2.24, 2.45) is 0 Å². The van der Waals surface area contributed by atoms with Gasteiger partial charge in [0, 0.05) is 31.7 Å². The Hall–Kier alpha value is -3.31. The Bertz CT molecular complexity index is 1330. The molecule has 5 rings (SSSR count). The van der Waals surface area contributed by atoms with E-state index in [1.807, 2.05) is 26.0 Å². The van der Waals surface area contributed by atoms with Crippen molar-refractivity contribution in [3.63, 3.8) is 0 Å². The van der Waals surface area contributed by atoms with Crippen LogP contribution in [0.1, 0.15) is 28.9 Å². The normalized spacial score (nSPS) is 15.1. The lowest BCUT2D eigenvalue weighted by atomic mass is 10.00. The van der Waals surface area contributed by atoms with E-state index >= 15 is 0 Å². The fourth-order valence-electron chi connectivity index (χ4n) is 4.43. The fourth-order valence-corrected chi connectivity index (χ4v) is 5.57. The lowest BCUT2D eigenvalue weighted by Gasteiger charge is -2.25. The maximum atomic E-state index is 12.9. The minimum absolute atomic E-state index is 0.118. The van der Waals surface area contributed by atoms with Crippen LogP contribution in [0.3, 0.4) is 0 Å². The van der Waals surface area contributed by atoms with Crippen LogP contribution >= 0.6 is 0 Å². The number of hydrogen-bond acceptors (Lipinski definition) is 7. The number of amides is 1. The summed E-state index contributed by atoms with van der Waals surface area (Å²) in [5, 5.41) is 15.8. The predicted molar refractivity (Wildman–Crippen MR) is 123 cm³/mol. The molecular formula is C22H25N7O3S. The highest BCUT2D eigenvalue weighted by Gasteiger charge is 2.32. The van der Waals surface area contributed by atoms with Gasteiger partial charge in [-0.25, -0.2) is 17.8 Å². The van der Waals surface area contributed by atoms with Gasteiger partial charge in [-0.05, 0) is 68.1 Å². The highest BCUT2D eigenvalue weighted by molar-refractivity contribution is 7.89. The van der Waals surface area contributed by atoms with Gasteiger partial charge in [0.05, 0.1) is 16.3 Å². The summed E-state index contributed by atoms with van der Waals surface area (Å²) in [6.07, 6.45) is 1.69. The number of nitrogens with one attached hydrogen (secondary N) is 2. The summed E-state index contributed by atoms with van der Waals surface area (Å²) in [7, 11) is -3.66. The molecule has 33 heavy (non-hydrogen) atoms. The van der Waals surface area contributed by atoms with Crippen molar-refractivity contribution in [3.8, 4) is 5.82 Å². The van der Waals surface area contributed by atoms with E-state index in [9.17, 15) is 13.2 Å². The molecule has 0 saturated heterocycles. The van der Waals surface area contributed by atoms with Crippen molar-refractivity contribution in [3.05, 3.63) is 52.8 Å². The van der Waals surface area contributed by atoms with Crippen LogP contribution < -0.4 is 14.9 Å². The van der Waals surface area contributed by atoms with Gasteiger partial charge in [-0.3, -0.25) is 4.79 Å². The van der Waals surface area contributed by atoms with Gasteiger partial charge >= 0.3 is 0 Å². The van der Waals surface area contributed by atoms with Crippen LogP contribution in [0.2, 0.25) is 0 Å². The zero-order valence-corrected chi connectivity index (χ0v) is 19.3. The Morgan fingerprint density at radius 2 is 1.79 bits per heavy atom. The molecule has 4 heterocycles. The van der Waals surface area contributed by atoms with E-state index < -0.39 is 10.0 Å². The van der Waals surface area contributed by atoms with Crippen molar-refractivity contribution in [2.45, 2.75) is 38.0 Å². The number of sulfonamides is 1. The maximum Gasteiger partial charge on any atom is 0.240 e. The molecule has 0 spiro atoms. The van der Waals surface area contributed by atoms with Crippen molar-refractivity contribution >= 4 is 27.4 Å². The number of carbonyl (C=O) groups excluding carboxylic acids is 1. The Kier molecular flexibility index (Phi) is 5.37. The van der Waals surface area contributed by atoms with Gasteiger partial charge in [0.1, 0.15) is 5.82 Å². The first-order chi connectivity index (χ1) is 15.8. The topological polar surface area (TPSA) is 122 Å². The molecule has 2 aromatic heterocycles. The molecule has 2 aliphatic rings. The maximum absolute atomic E-state index is 12.9. The van der Waals surface area contributed by atoms with Crippen LogP contribution in [0.5, 0.6) is 0 Å². The van der Waals surface area contributed by atoms with E-state index in [-0.39, 0.29) is 17.3 Å². The average Bonchev–Trinajstić information content (AvgIpc) is 3.38. The molecular weight excluding hydrogens is 442 g/mol. The quantitative estimate of drug-likeness (QED) is 0.505. The number of nitrogens with zero attached hydrogens (tertiary/aromatic N) is 5. The van der Waals surface area contributed by atoms with Gasteiger partial charge < -0.3 is 10.2 Å². The zero-order valence-electron chi connectivity index (χ0n) is 18.5. The summed E-state index contributed by atoms with van der Waals surface area (Å²) in [4.78, 5) is 14.1. The predicted octanol–water partition coefficient (Wildman–Crippen LogP) is 1.50. The minimum atomic E-state index is -3.66. The van der Waals surface area contributed by atoms with E-state index in [2.05, 4.69) is 25.3 Å². The van der Waals surface area contributed by atoms with Gasteiger partial charge in [0.15, 0.2) is 5.82 Å². The van der Waals surface area contributed by atoms with Crippen molar-refractivity contribution in [2.75, 3.05) is 29.9 Å². The van der Waals surface area contributed by atoms with Crippen LogP contribution in [0, 0.1) is 13.8 Å². The first-order valence-corrected chi connectivity index (χ1v) is 12.4. The zero-order chi connectivity index (χ0) is 23.2. The van der Waals surface area contributed by atoms with Gasteiger partial charge in [-0.2, -0.15) is 5.10 Å². The Morgan fingerprint density at radius 1 is 1.00 bits per heavy atom. The Balaban J connectivity index is 1.20. The van der Waals surface area contributed by atoms with Gasteiger partial charge in [-0.15, -0.1) is 10.2 Å². The summed E-state index contributed by atoms with van der Waals surface area (Å²) in [6, 6.07) is 8.94. The summed E-state index contributed by atoms with van der Waals surface area (Å²) in [5.41, 5.74) is 4.65. The Labute approximate surface area is 192 Å². The van der Waals surface area contributed by atoms with Gasteiger partial charge in [0.25, 0.3) is 0 Å². The number of rotatable bonds is 7. The smallest absolute Gasteiger partial charge is 0.240 e. The minimum Gasteiger partial charge on any atom is -0.367 e. The second-order valence-corrected chi connectivity index (χ2v) is 10.1. The number of hydrogen-bond donors (Lipinski definition) is 2. The van der Waals surface area contributed by atoms with Crippen LogP contribution in [-0.4, -0.2) is 53.9 Å². The third kappa shape index (κ3) is 4.09. The van der Waals surface area contributed by atoms with E-state index in [1.54, 1.807) is 27.8 Å². The molecule has 172 valence electrons. The first kappa shape index (κ1) is 21.5. The molecule has 10 nitrogen and oxygen atoms in total.